The average molecular weight is 482 g/mol. The molecule has 4 rings (SSSR count). The summed E-state index contributed by atoms with van der Waals surface area (Å²) in [5.74, 6) is 1.17. The van der Waals surface area contributed by atoms with Crippen molar-refractivity contribution in [2.45, 2.75) is 13.2 Å². The van der Waals surface area contributed by atoms with Crippen molar-refractivity contribution in [1.29, 1.82) is 0 Å². The van der Waals surface area contributed by atoms with Gasteiger partial charge in [0.15, 0.2) is 0 Å². The van der Waals surface area contributed by atoms with Gasteiger partial charge in [-0.3, -0.25) is 9.69 Å². The zero-order valence-corrected chi connectivity index (χ0v) is 19.7. The van der Waals surface area contributed by atoms with E-state index in [0.29, 0.717) is 38.9 Å². The highest BCUT2D eigenvalue weighted by molar-refractivity contribution is 8.26. The first kappa shape index (κ1) is 22.4. The molecule has 3 aromatic carbocycles. The van der Waals surface area contributed by atoms with E-state index in [1.807, 2.05) is 72.8 Å². The summed E-state index contributed by atoms with van der Waals surface area (Å²) < 4.78 is 12.0. The summed E-state index contributed by atoms with van der Waals surface area (Å²) in [6.07, 6.45) is 1.80. The van der Waals surface area contributed by atoms with E-state index in [1.54, 1.807) is 18.1 Å². The van der Waals surface area contributed by atoms with E-state index in [4.69, 9.17) is 33.3 Å². The molecule has 1 heterocycles. The molecule has 7 heteroatoms. The summed E-state index contributed by atoms with van der Waals surface area (Å²) >= 11 is 13.0. The normalized spacial score (nSPS) is 14.8. The number of amides is 1. The second kappa shape index (κ2) is 10.2. The van der Waals surface area contributed by atoms with Gasteiger partial charge in [0.05, 0.1) is 18.6 Å². The van der Waals surface area contributed by atoms with Gasteiger partial charge in [-0.2, -0.15) is 0 Å². The van der Waals surface area contributed by atoms with Crippen LogP contribution in [0.5, 0.6) is 11.5 Å². The standard InChI is InChI=1S/C25H20ClNO3S2/c1-29-20-11-12-22(30-16-18-9-5-6-10-21(18)26)19(13-20)14-23-24(28)27(25(31)32-23)15-17-7-3-2-4-8-17/h2-14H,15-16H2,1H3/b23-14-. The molecule has 1 amide bonds. The summed E-state index contributed by atoms with van der Waals surface area (Å²) in [6.45, 7) is 0.749. The minimum absolute atomic E-state index is 0.122. The topological polar surface area (TPSA) is 38.8 Å². The van der Waals surface area contributed by atoms with Gasteiger partial charge in [-0.05, 0) is 35.9 Å². The molecule has 0 aliphatic carbocycles. The fraction of sp³-hybridized carbons (Fsp3) is 0.120. The van der Waals surface area contributed by atoms with Crippen molar-refractivity contribution in [1.82, 2.24) is 4.90 Å². The SMILES string of the molecule is COc1ccc(OCc2ccccc2Cl)c(/C=C2\SC(=S)N(Cc3ccccc3)C2=O)c1. The highest BCUT2D eigenvalue weighted by Gasteiger charge is 2.32. The molecule has 1 fully saturated rings. The second-order valence-electron chi connectivity index (χ2n) is 7.04. The van der Waals surface area contributed by atoms with E-state index >= 15 is 0 Å². The molecule has 0 atom stereocenters. The van der Waals surface area contributed by atoms with Gasteiger partial charge in [0.25, 0.3) is 5.91 Å². The van der Waals surface area contributed by atoms with E-state index < -0.39 is 0 Å². The number of rotatable bonds is 7. The van der Waals surface area contributed by atoms with Gasteiger partial charge in [0.1, 0.15) is 22.4 Å². The Morgan fingerprint density at radius 1 is 1.06 bits per heavy atom. The molecule has 1 saturated heterocycles. The molecule has 0 radical (unpaired) electrons. The number of carbonyl (C=O) groups is 1. The molecule has 0 N–H and O–H groups in total. The quantitative estimate of drug-likeness (QED) is 0.291. The van der Waals surface area contributed by atoms with Crippen molar-refractivity contribution in [3.63, 3.8) is 0 Å². The number of methoxy groups -OCH3 is 1. The average Bonchev–Trinajstić information content (AvgIpc) is 3.07. The Morgan fingerprint density at radius 3 is 2.56 bits per heavy atom. The van der Waals surface area contributed by atoms with E-state index in [1.165, 1.54) is 11.8 Å². The lowest BCUT2D eigenvalue weighted by atomic mass is 10.1. The monoisotopic (exact) mass is 481 g/mol. The summed E-state index contributed by atoms with van der Waals surface area (Å²) in [5, 5.41) is 0.643. The Hall–Kier alpha value is -2.80. The molecule has 1 aliphatic rings. The number of nitrogens with zero attached hydrogens (tertiary/aromatic N) is 1. The minimum atomic E-state index is -0.122. The van der Waals surface area contributed by atoms with Gasteiger partial charge in [0, 0.05) is 16.1 Å². The van der Waals surface area contributed by atoms with Crippen LogP contribution in [0, 0.1) is 0 Å². The maximum absolute atomic E-state index is 13.1. The zero-order valence-electron chi connectivity index (χ0n) is 17.3. The van der Waals surface area contributed by atoms with E-state index in [2.05, 4.69) is 0 Å². The number of ether oxygens (including phenoxy) is 2. The largest absolute Gasteiger partial charge is 0.497 e. The minimum Gasteiger partial charge on any atom is -0.497 e. The van der Waals surface area contributed by atoms with Crippen LogP contribution in [0.15, 0.2) is 77.7 Å². The lowest BCUT2D eigenvalue weighted by Crippen LogP contribution is -2.27. The third-order valence-electron chi connectivity index (χ3n) is 4.90. The van der Waals surface area contributed by atoms with E-state index in [-0.39, 0.29) is 5.91 Å². The van der Waals surface area contributed by atoms with Crippen LogP contribution in [0.2, 0.25) is 5.02 Å². The van der Waals surface area contributed by atoms with Crippen LogP contribution in [0.3, 0.4) is 0 Å². The number of thiocarbonyl (C=S) groups is 1. The third kappa shape index (κ3) is 5.15. The summed E-state index contributed by atoms with van der Waals surface area (Å²) in [5.41, 5.74) is 2.64. The van der Waals surface area contributed by atoms with Crippen molar-refractivity contribution >= 4 is 51.9 Å². The predicted octanol–water partition coefficient (Wildman–Crippen LogP) is 6.33. The van der Waals surface area contributed by atoms with E-state index in [0.717, 1.165) is 16.7 Å². The first-order valence-electron chi connectivity index (χ1n) is 9.88. The molecule has 0 saturated carbocycles. The molecule has 0 spiro atoms. The Balaban J connectivity index is 1.58. The highest BCUT2D eigenvalue weighted by Crippen LogP contribution is 2.36. The number of hydrogen-bond acceptors (Lipinski definition) is 5. The fourth-order valence-electron chi connectivity index (χ4n) is 3.21. The van der Waals surface area contributed by atoms with Crippen LogP contribution >= 0.6 is 35.6 Å². The number of hydrogen-bond donors (Lipinski definition) is 0. The molecular weight excluding hydrogens is 462 g/mol. The molecule has 0 aromatic heterocycles. The van der Waals surface area contributed by atoms with Crippen molar-refractivity contribution in [2.24, 2.45) is 0 Å². The van der Waals surface area contributed by atoms with E-state index in [9.17, 15) is 4.79 Å². The molecule has 0 unspecified atom stereocenters. The predicted molar refractivity (Wildman–Crippen MR) is 134 cm³/mol. The molecule has 162 valence electrons. The first-order chi connectivity index (χ1) is 15.5. The molecule has 0 bridgehead atoms. The Bertz CT molecular complexity index is 1180. The number of carbonyl (C=O) groups excluding carboxylic acids is 1. The van der Waals surface area contributed by atoms with Crippen LogP contribution in [-0.4, -0.2) is 22.2 Å². The van der Waals surface area contributed by atoms with Gasteiger partial charge in [-0.1, -0.05) is 84.1 Å². The zero-order chi connectivity index (χ0) is 22.5. The molecular formula is C25H20ClNO3S2. The second-order valence-corrected chi connectivity index (χ2v) is 9.12. The first-order valence-corrected chi connectivity index (χ1v) is 11.5. The van der Waals surface area contributed by atoms with Gasteiger partial charge in [-0.15, -0.1) is 0 Å². The lowest BCUT2D eigenvalue weighted by molar-refractivity contribution is -0.122. The molecule has 1 aliphatic heterocycles. The maximum Gasteiger partial charge on any atom is 0.266 e. The molecule has 4 nitrogen and oxygen atoms in total. The summed E-state index contributed by atoms with van der Waals surface area (Å²) in [4.78, 5) is 15.2. The van der Waals surface area contributed by atoms with Crippen LogP contribution in [0.1, 0.15) is 16.7 Å². The lowest BCUT2D eigenvalue weighted by Gasteiger charge is -2.14. The number of benzene rings is 3. The van der Waals surface area contributed by atoms with Crippen molar-refractivity contribution in [2.75, 3.05) is 7.11 Å². The Morgan fingerprint density at radius 2 is 1.81 bits per heavy atom. The van der Waals surface area contributed by atoms with Crippen molar-refractivity contribution in [3.8, 4) is 11.5 Å². The third-order valence-corrected chi connectivity index (χ3v) is 6.65. The van der Waals surface area contributed by atoms with Crippen LogP contribution < -0.4 is 9.47 Å². The Kier molecular flexibility index (Phi) is 7.15. The smallest absolute Gasteiger partial charge is 0.266 e. The van der Waals surface area contributed by atoms with Gasteiger partial charge in [-0.25, -0.2) is 0 Å². The molecule has 32 heavy (non-hydrogen) atoms. The van der Waals surface area contributed by atoms with Gasteiger partial charge in [0.2, 0.25) is 0 Å². The highest BCUT2D eigenvalue weighted by atomic mass is 35.5. The fourth-order valence-corrected chi connectivity index (χ4v) is 4.65. The van der Waals surface area contributed by atoms with Crippen LogP contribution in [0.25, 0.3) is 6.08 Å². The Labute approximate surface area is 201 Å². The van der Waals surface area contributed by atoms with Crippen LogP contribution in [0.4, 0.5) is 0 Å². The number of halogens is 1. The van der Waals surface area contributed by atoms with Crippen LogP contribution in [-0.2, 0) is 17.9 Å². The summed E-state index contributed by atoms with van der Waals surface area (Å²) in [7, 11) is 1.60. The van der Waals surface area contributed by atoms with Gasteiger partial charge >= 0.3 is 0 Å². The van der Waals surface area contributed by atoms with Gasteiger partial charge < -0.3 is 9.47 Å². The molecule has 3 aromatic rings. The van der Waals surface area contributed by atoms with Crippen molar-refractivity contribution in [3.05, 3.63) is 99.4 Å². The number of thioether (sulfide) groups is 1. The maximum atomic E-state index is 13.1. The van der Waals surface area contributed by atoms with Crippen molar-refractivity contribution < 1.29 is 14.3 Å². The summed E-state index contributed by atoms with van der Waals surface area (Å²) in [6, 6.07) is 22.8.